The van der Waals surface area contributed by atoms with E-state index in [1.54, 1.807) is 24.3 Å². The molecular formula is C16H26N2O3S. The van der Waals surface area contributed by atoms with Crippen LogP contribution in [0.1, 0.15) is 33.1 Å². The standard InChI is InChI=1S/C16H26N2O3S/c1-13(2)9-12-21-15-3-5-16(6-4-15)22(19,20)18-10-7-14(17)8-11-18/h3-6,13-14H,7-12,17H2,1-2H3. The van der Waals surface area contributed by atoms with Gasteiger partial charge in [-0.1, -0.05) is 13.8 Å². The maximum Gasteiger partial charge on any atom is 0.243 e. The van der Waals surface area contributed by atoms with Crippen LogP contribution in [-0.4, -0.2) is 38.5 Å². The van der Waals surface area contributed by atoms with Gasteiger partial charge in [0.2, 0.25) is 10.0 Å². The minimum Gasteiger partial charge on any atom is -0.494 e. The first-order valence-corrected chi connectivity index (χ1v) is 9.32. The molecule has 0 radical (unpaired) electrons. The molecule has 0 bridgehead atoms. The molecule has 0 unspecified atom stereocenters. The first-order valence-electron chi connectivity index (χ1n) is 7.88. The van der Waals surface area contributed by atoms with E-state index in [1.165, 1.54) is 4.31 Å². The molecule has 0 aliphatic carbocycles. The van der Waals surface area contributed by atoms with Crippen molar-refractivity contribution in [2.75, 3.05) is 19.7 Å². The SMILES string of the molecule is CC(C)CCOc1ccc(S(=O)(=O)N2CCC(N)CC2)cc1. The van der Waals surface area contributed by atoms with Crippen molar-refractivity contribution < 1.29 is 13.2 Å². The third kappa shape index (κ3) is 4.44. The molecule has 124 valence electrons. The van der Waals surface area contributed by atoms with Crippen LogP contribution in [0.15, 0.2) is 29.2 Å². The molecule has 0 atom stereocenters. The minimum absolute atomic E-state index is 0.114. The fourth-order valence-corrected chi connectivity index (χ4v) is 3.86. The molecule has 2 rings (SSSR count). The van der Waals surface area contributed by atoms with Crippen molar-refractivity contribution in [1.29, 1.82) is 0 Å². The smallest absolute Gasteiger partial charge is 0.243 e. The van der Waals surface area contributed by atoms with Crippen LogP contribution in [0.4, 0.5) is 0 Å². The summed E-state index contributed by atoms with van der Waals surface area (Å²) in [5.74, 6) is 1.30. The molecule has 5 nitrogen and oxygen atoms in total. The van der Waals surface area contributed by atoms with Crippen molar-refractivity contribution in [1.82, 2.24) is 4.31 Å². The first-order chi connectivity index (χ1) is 10.4. The van der Waals surface area contributed by atoms with E-state index in [1.807, 2.05) is 0 Å². The molecule has 1 aromatic rings. The zero-order chi connectivity index (χ0) is 16.2. The van der Waals surface area contributed by atoms with Crippen LogP contribution in [-0.2, 0) is 10.0 Å². The Balaban J connectivity index is 1.99. The number of sulfonamides is 1. The van der Waals surface area contributed by atoms with Gasteiger partial charge in [0.05, 0.1) is 11.5 Å². The topological polar surface area (TPSA) is 72.6 Å². The Bertz CT molecular complexity index is 562. The predicted octanol–water partition coefficient (Wildman–Crippen LogP) is 2.22. The average Bonchev–Trinajstić information content (AvgIpc) is 2.48. The monoisotopic (exact) mass is 326 g/mol. The highest BCUT2D eigenvalue weighted by Gasteiger charge is 2.28. The molecule has 2 N–H and O–H groups in total. The lowest BCUT2D eigenvalue weighted by molar-refractivity contribution is 0.289. The normalized spacial score (nSPS) is 17.8. The van der Waals surface area contributed by atoms with Gasteiger partial charge in [0.1, 0.15) is 5.75 Å². The van der Waals surface area contributed by atoms with Gasteiger partial charge in [0, 0.05) is 19.1 Å². The summed E-state index contributed by atoms with van der Waals surface area (Å²) in [5.41, 5.74) is 5.83. The number of rotatable bonds is 6. The lowest BCUT2D eigenvalue weighted by Crippen LogP contribution is -2.42. The van der Waals surface area contributed by atoms with Gasteiger partial charge in [0.25, 0.3) is 0 Å². The number of hydrogen-bond acceptors (Lipinski definition) is 4. The molecule has 1 aliphatic rings. The van der Waals surface area contributed by atoms with Crippen LogP contribution in [0, 0.1) is 5.92 Å². The lowest BCUT2D eigenvalue weighted by atomic mass is 10.1. The minimum atomic E-state index is -3.41. The second kappa shape index (κ2) is 7.44. The molecule has 22 heavy (non-hydrogen) atoms. The van der Waals surface area contributed by atoms with Crippen molar-refractivity contribution in [2.45, 2.75) is 44.0 Å². The zero-order valence-corrected chi connectivity index (χ0v) is 14.2. The van der Waals surface area contributed by atoms with Crippen LogP contribution in [0.25, 0.3) is 0 Å². The van der Waals surface area contributed by atoms with Gasteiger partial charge in [-0.2, -0.15) is 4.31 Å². The zero-order valence-electron chi connectivity index (χ0n) is 13.4. The Hall–Kier alpha value is -1.11. The van der Waals surface area contributed by atoms with Crippen molar-refractivity contribution in [3.63, 3.8) is 0 Å². The van der Waals surface area contributed by atoms with Crippen LogP contribution in [0.2, 0.25) is 0 Å². The molecule has 1 saturated heterocycles. The molecule has 1 fully saturated rings. The maximum absolute atomic E-state index is 12.6. The molecule has 1 aliphatic heterocycles. The van der Waals surface area contributed by atoms with E-state index in [9.17, 15) is 8.42 Å². The summed E-state index contributed by atoms with van der Waals surface area (Å²) in [6, 6.07) is 6.80. The Labute approximate surface area is 133 Å². The predicted molar refractivity (Wildman–Crippen MR) is 87.4 cm³/mol. The van der Waals surface area contributed by atoms with E-state index in [-0.39, 0.29) is 6.04 Å². The molecule has 0 aromatic heterocycles. The van der Waals surface area contributed by atoms with Gasteiger partial charge in [-0.15, -0.1) is 0 Å². The van der Waals surface area contributed by atoms with Gasteiger partial charge >= 0.3 is 0 Å². The lowest BCUT2D eigenvalue weighted by Gasteiger charge is -2.29. The summed E-state index contributed by atoms with van der Waals surface area (Å²) >= 11 is 0. The van der Waals surface area contributed by atoms with Gasteiger partial charge in [-0.3, -0.25) is 0 Å². The van der Waals surface area contributed by atoms with Crippen molar-refractivity contribution >= 4 is 10.0 Å². The molecule has 0 spiro atoms. The van der Waals surface area contributed by atoms with E-state index in [0.29, 0.717) is 36.3 Å². The number of ether oxygens (including phenoxy) is 1. The molecule has 0 saturated carbocycles. The van der Waals surface area contributed by atoms with Crippen LogP contribution in [0.3, 0.4) is 0 Å². The Morgan fingerprint density at radius 2 is 1.82 bits per heavy atom. The van der Waals surface area contributed by atoms with Crippen molar-refractivity contribution in [2.24, 2.45) is 11.7 Å². The van der Waals surface area contributed by atoms with Gasteiger partial charge in [-0.05, 0) is 49.4 Å². The molecule has 1 heterocycles. The summed E-state index contributed by atoms with van der Waals surface area (Å²) < 4.78 is 32.2. The summed E-state index contributed by atoms with van der Waals surface area (Å²) in [7, 11) is -3.41. The Morgan fingerprint density at radius 3 is 2.36 bits per heavy atom. The summed E-state index contributed by atoms with van der Waals surface area (Å²) in [6.07, 6.45) is 2.42. The molecule has 6 heteroatoms. The van der Waals surface area contributed by atoms with Crippen molar-refractivity contribution in [3.8, 4) is 5.75 Å². The third-order valence-electron chi connectivity index (χ3n) is 3.92. The van der Waals surface area contributed by atoms with E-state index in [0.717, 1.165) is 19.3 Å². The highest BCUT2D eigenvalue weighted by atomic mass is 32.2. The number of nitrogens with two attached hydrogens (primary N) is 1. The number of benzene rings is 1. The highest BCUT2D eigenvalue weighted by molar-refractivity contribution is 7.89. The Kier molecular flexibility index (Phi) is 5.83. The number of hydrogen-bond donors (Lipinski definition) is 1. The van der Waals surface area contributed by atoms with Gasteiger partial charge in [-0.25, -0.2) is 8.42 Å². The van der Waals surface area contributed by atoms with E-state index in [2.05, 4.69) is 13.8 Å². The summed E-state index contributed by atoms with van der Waals surface area (Å²) in [4.78, 5) is 0.319. The Morgan fingerprint density at radius 1 is 1.23 bits per heavy atom. The third-order valence-corrected chi connectivity index (χ3v) is 5.84. The fourth-order valence-electron chi connectivity index (χ4n) is 2.39. The van der Waals surface area contributed by atoms with E-state index >= 15 is 0 Å². The van der Waals surface area contributed by atoms with Crippen LogP contribution < -0.4 is 10.5 Å². The maximum atomic E-state index is 12.6. The van der Waals surface area contributed by atoms with Gasteiger partial charge < -0.3 is 10.5 Å². The molecule has 1 aromatic carbocycles. The van der Waals surface area contributed by atoms with E-state index in [4.69, 9.17) is 10.5 Å². The van der Waals surface area contributed by atoms with Gasteiger partial charge in [0.15, 0.2) is 0 Å². The highest BCUT2D eigenvalue weighted by Crippen LogP contribution is 2.22. The largest absolute Gasteiger partial charge is 0.494 e. The van der Waals surface area contributed by atoms with Crippen LogP contribution in [0.5, 0.6) is 5.75 Å². The quantitative estimate of drug-likeness (QED) is 0.870. The molecule has 0 amide bonds. The summed E-state index contributed by atoms with van der Waals surface area (Å²) in [5, 5.41) is 0. The summed E-state index contributed by atoms with van der Waals surface area (Å²) in [6.45, 7) is 5.92. The second-order valence-electron chi connectivity index (χ2n) is 6.24. The molecular weight excluding hydrogens is 300 g/mol. The fraction of sp³-hybridized carbons (Fsp3) is 0.625. The second-order valence-corrected chi connectivity index (χ2v) is 8.18. The number of nitrogens with zero attached hydrogens (tertiary/aromatic N) is 1. The first kappa shape index (κ1) is 17.2. The van der Waals surface area contributed by atoms with Crippen LogP contribution >= 0.6 is 0 Å². The van der Waals surface area contributed by atoms with E-state index < -0.39 is 10.0 Å². The number of piperidine rings is 1. The average molecular weight is 326 g/mol. The van der Waals surface area contributed by atoms with Crippen molar-refractivity contribution in [3.05, 3.63) is 24.3 Å².